The number of hydrogen-bond acceptors (Lipinski definition) is 4. The number of rotatable bonds is 5. The fourth-order valence-corrected chi connectivity index (χ4v) is 3.68. The lowest BCUT2D eigenvalue weighted by atomic mass is 10.0. The number of nitrogens with one attached hydrogen (secondary N) is 1. The van der Waals surface area contributed by atoms with Crippen molar-refractivity contribution in [1.29, 1.82) is 0 Å². The molecule has 2 heterocycles. The molecule has 1 N–H and O–H groups in total. The Hall–Kier alpha value is -3.06. The highest BCUT2D eigenvalue weighted by molar-refractivity contribution is 6.32. The SMILES string of the molecule is Cn1ccnc1[C@H](NC(=O)Cc1cc(Cl)c2c(c1)OCCCO2)c1ccc(F)cc1. The molecule has 0 bridgehead atoms. The van der Waals surface area contributed by atoms with Gasteiger partial charge in [0.05, 0.1) is 24.7 Å². The third kappa shape index (κ3) is 4.41. The van der Waals surface area contributed by atoms with Gasteiger partial charge in [-0.05, 0) is 35.4 Å². The van der Waals surface area contributed by atoms with Crippen LogP contribution in [0.3, 0.4) is 0 Å². The zero-order valence-corrected chi connectivity index (χ0v) is 17.2. The minimum absolute atomic E-state index is 0.0957. The number of halogens is 2. The number of hydrogen-bond donors (Lipinski definition) is 1. The topological polar surface area (TPSA) is 65.4 Å². The molecule has 2 aromatic carbocycles. The second-order valence-corrected chi connectivity index (χ2v) is 7.49. The summed E-state index contributed by atoms with van der Waals surface area (Å²) < 4.78 is 26.5. The Bertz CT molecular complexity index is 1050. The average Bonchev–Trinajstić information content (AvgIpc) is 2.99. The number of carbonyl (C=O) groups is 1. The highest BCUT2D eigenvalue weighted by Crippen LogP contribution is 2.38. The predicted octanol–water partition coefficient (Wildman–Crippen LogP) is 3.82. The van der Waals surface area contributed by atoms with E-state index >= 15 is 0 Å². The van der Waals surface area contributed by atoms with Gasteiger partial charge in [-0.15, -0.1) is 0 Å². The molecule has 1 aliphatic heterocycles. The summed E-state index contributed by atoms with van der Waals surface area (Å²) in [6, 6.07) is 8.97. The summed E-state index contributed by atoms with van der Waals surface area (Å²) >= 11 is 6.34. The number of imidazole rings is 1. The van der Waals surface area contributed by atoms with Gasteiger partial charge in [-0.1, -0.05) is 23.7 Å². The molecule has 0 unspecified atom stereocenters. The first-order valence-electron chi connectivity index (χ1n) is 9.61. The number of fused-ring (bicyclic) bond motifs is 1. The van der Waals surface area contributed by atoms with Crippen LogP contribution in [-0.4, -0.2) is 28.7 Å². The largest absolute Gasteiger partial charge is 0.489 e. The lowest BCUT2D eigenvalue weighted by Gasteiger charge is -2.19. The fourth-order valence-electron chi connectivity index (χ4n) is 3.39. The Balaban J connectivity index is 1.56. The van der Waals surface area contributed by atoms with Crippen LogP contribution in [0, 0.1) is 5.82 Å². The molecule has 0 radical (unpaired) electrons. The first-order chi connectivity index (χ1) is 14.5. The maximum atomic E-state index is 13.4. The van der Waals surface area contributed by atoms with Crippen LogP contribution in [0.4, 0.5) is 4.39 Å². The van der Waals surface area contributed by atoms with Gasteiger partial charge < -0.3 is 19.4 Å². The maximum Gasteiger partial charge on any atom is 0.225 e. The summed E-state index contributed by atoms with van der Waals surface area (Å²) in [5, 5.41) is 3.41. The van der Waals surface area contributed by atoms with Crippen LogP contribution in [0.25, 0.3) is 0 Å². The Kier molecular flexibility index (Phi) is 5.90. The molecule has 1 aliphatic rings. The summed E-state index contributed by atoms with van der Waals surface area (Å²) in [5.74, 6) is 1.13. The maximum absolute atomic E-state index is 13.4. The van der Waals surface area contributed by atoms with Crippen molar-refractivity contribution in [2.45, 2.75) is 18.9 Å². The molecule has 0 spiro atoms. The van der Waals surface area contributed by atoms with Crippen molar-refractivity contribution >= 4 is 17.5 Å². The first kappa shape index (κ1) is 20.2. The van der Waals surface area contributed by atoms with Crippen molar-refractivity contribution in [2.24, 2.45) is 7.05 Å². The molecule has 1 atom stereocenters. The van der Waals surface area contributed by atoms with Crippen LogP contribution in [0.1, 0.15) is 29.4 Å². The van der Waals surface area contributed by atoms with Crippen molar-refractivity contribution < 1.29 is 18.7 Å². The van der Waals surface area contributed by atoms with Gasteiger partial charge in [0.15, 0.2) is 11.5 Å². The molecule has 0 saturated heterocycles. The number of nitrogens with zero attached hydrogens (tertiary/aromatic N) is 2. The van der Waals surface area contributed by atoms with E-state index in [1.54, 1.807) is 36.7 Å². The fraction of sp³-hybridized carbons (Fsp3) is 0.273. The van der Waals surface area contributed by atoms with Gasteiger partial charge in [0.1, 0.15) is 17.7 Å². The monoisotopic (exact) mass is 429 g/mol. The van der Waals surface area contributed by atoms with E-state index < -0.39 is 6.04 Å². The van der Waals surface area contributed by atoms with Crippen LogP contribution >= 0.6 is 11.6 Å². The molecule has 0 saturated carbocycles. The van der Waals surface area contributed by atoms with E-state index in [2.05, 4.69) is 10.3 Å². The molecule has 1 aromatic heterocycles. The Morgan fingerprint density at radius 3 is 2.77 bits per heavy atom. The van der Waals surface area contributed by atoms with Gasteiger partial charge in [-0.3, -0.25) is 4.79 Å². The number of amides is 1. The van der Waals surface area contributed by atoms with Crippen LogP contribution < -0.4 is 14.8 Å². The normalized spacial score (nSPS) is 14.1. The minimum atomic E-state index is -0.519. The molecule has 30 heavy (non-hydrogen) atoms. The Morgan fingerprint density at radius 2 is 2.03 bits per heavy atom. The van der Waals surface area contributed by atoms with E-state index in [0.29, 0.717) is 41.1 Å². The van der Waals surface area contributed by atoms with Gasteiger partial charge in [-0.2, -0.15) is 0 Å². The number of aryl methyl sites for hydroxylation is 1. The van der Waals surface area contributed by atoms with E-state index in [1.807, 2.05) is 11.6 Å². The van der Waals surface area contributed by atoms with Gasteiger partial charge in [0, 0.05) is 25.9 Å². The molecular formula is C22H21ClFN3O3. The molecule has 4 rings (SSSR count). The lowest BCUT2D eigenvalue weighted by molar-refractivity contribution is -0.121. The van der Waals surface area contributed by atoms with Crippen LogP contribution in [0.5, 0.6) is 11.5 Å². The Labute approximate surface area is 178 Å². The van der Waals surface area contributed by atoms with Gasteiger partial charge in [0.25, 0.3) is 0 Å². The van der Waals surface area contributed by atoms with E-state index in [4.69, 9.17) is 21.1 Å². The van der Waals surface area contributed by atoms with E-state index in [9.17, 15) is 9.18 Å². The van der Waals surface area contributed by atoms with Crippen molar-refractivity contribution in [3.05, 3.63) is 76.6 Å². The summed E-state index contributed by atoms with van der Waals surface area (Å²) in [6.07, 6.45) is 4.31. The lowest BCUT2D eigenvalue weighted by Crippen LogP contribution is -2.32. The molecule has 3 aromatic rings. The van der Waals surface area contributed by atoms with Crippen molar-refractivity contribution in [3.63, 3.8) is 0 Å². The molecular weight excluding hydrogens is 409 g/mol. The highest BCUT2D eigenvalue weighted by atomic mass is 35.5. The number of ether oxygens (including phenoxy) is 2. The van der Waals surface area contributed by atoms with Gasteiger partial charge in [0.2, 0.25) is 5.91 Å². The highest BCUT2D eigenvalue weighted by Gasteiger charge is 2.22. The van der Waals surface area contributed by atoms with E-state index in [-0.39, 0.29) is 18.1 Å². The van der Waals surface area contributed by atoms with Crippen LogP contribution in [-0.2, 0) is 18.3 Å². The zero-order chi connectivity index (χ0) is 21.1. The second-order valence-electron chi connectivity index (χ2n) is 7.08. The molecule has 6 nitrogen and oxygen atoms in total. The van der Waals surface area contributed by atoms with Gasteiger partial charge >= 0.3 is 0 Å². The third-order valence-electron chi connectivity index (χ3n) is 4.85. The third-order valence-corrected chi connectivity index (χ3v) is 5.13. The quantitative estimate of drug-likeness (QED) is 0.669. The second kappa shape index (κ2) is 8.75. The average molecular weight is 430 g/mol. The number of benzene rings is 2. The summed E-state index contributed by atoms with van der Waals surface area (Å²) in [6.45, 7) is 1.07. The minimum Gasteiger partial charge on any atom is -0.489 e. The van der Waals surface area contributed by atoms with Crippen LogP contribution in [0.2, 0.25) is 5.02 Å². The zero-order valence-electron chi connectivity index (χ0n) is 16.4. The molecule has 156 valence electrons. The predicted molar refractivity (Wildman–Crippen MR) is 110 cm³/mol. The summed E-state index contributed by atoms with van der Waals surface area (Å²) in [7, 11) is 1.84. The van der Waals surface area contributed by atoms with Crippen molar-refractivity contribution in [1.82, 2.24) is 14.9 Å². The standard InChI is InChI=1S/C22H21ClFN3O3/c1-27-8-7-25-22(27)20(15-3-5-16(24)6-4-15)26-19(28)13-14-11-17(23)21-18(12-14)29-9-2-10-30-21/h3-8,11-12,20H,2,9-10,13H2,1H3,(H,26,28)/t20-/m1/s1. The molecule has 0 fully saturated rings. The Morgan fingerprint density at radius 1 is 1.27 bits per heavy atom. The van der Waals surface area contributed by atoms with E-state index in [1.165, 1.54) is 12.1 Å². The number of aromatic nitrogens is 2. The van der Waals surface area contributed by atoms with E-state index in [0.717, 1.165) is 12.0 Å². The summed E-state index contributed by atoms with van der Waals surface area (Å²) in [4.78, 5) is 17.2. The smallest absolute Gasteiger partial charge is 0.225 e. The first-order valence-corrected chi connectivity index (χ1v) is 9.99. The summed E-state index contributed by atoms with van der Waals surface area (Å²) in [5.41, 5.74) is 1.44. The number of carbonyl (C=O) groups excluding carboxylic acids is 1. The molecule has 8 heteroatoms. The van der Waals surface area contributed by atoms with Crippen LogP contribution in [0.15, 0.2) is 48.8 Å². The van der Waals surface area contributed by atoms with Crippen molar-refractivity contribution in [2.75, 3.05) is 13.2 Å². The van der Waals surface area contributed by atoms with Crippen molar-refractivity contribution in [3.8, 4) is 11.5 Å². The molecule has 0 aliphatic carbocycles. The van der Waals surface area contributed by atoms with Gasteiger partial charge in [-0.25, -0.2) is 9.37 Å². The molecule has 1 amide bonds.